The fourth-order valence-corrected chi connectivity index (χ4v) is 2.91. The van der Waals surface area contributed by atoms with E-state index in [9.17, 15) is 0 Å². The molecule has 0 fully saturated rings. The lowest BCUT2D eigenvalue weighted by atomic mass is 10.1. The summed E-state index contributed by atoms with van der Waals surface area (Å²) < 4.78 is 0. The van der Waals surface area contributed by atoms with Gasteiger partial charge >= 0.3 is 0 Å². The molecule has 0 bridgehead atoms. The van der Waals surface area contributed by atoms with Crippen LogP contribution in [0.5, 0.6) is 0 Å². The van der Waals surface area contributed by atoms with Gasteiger partial charge in [0.15, 0.2) is 0 Å². The predicted molar refractivity (Wildman–Crippen MR) is 83.0 cm³/mol. The quantitative estimate of drug-likeness (QED) is 0.823. The standard InChI is InChI=1S/C15H17ClN2S/c1-17-14(10-12-6-8-18-9-7-12)11-19-15-4-2-13(16)3-5-15/h2-9,14,17H,10-11H2,1H3. The van der Waals surface area contributed by atoms with Gasteiger partial charge in [0.25, 0.3) is 0 Å². The van der Waals surface area contributed by atoms with Gasteiger partial charge in [-0.15, -0.1) is 11.8 Å². The van der Waals surface area contributed by atoms with E-state index in [1.165, 1.54) is 10.5 Å². The third kappa shape index (κ3) is 4.86. The molecule has 2 aromatic rings. The van der Waals surface area contributed by atoms with Crippen LogP contribution in [0.1, 0.15) is 5.56 Å². The summed E-state index contributed by atoms with van der Waals surface area (Å²) in [5.74, 6) is 1.03. The minimum Gasteiger partial charge on any atom is -0.316 e. The molecule has 19 heavy (non-hydrogen) atoms. The van der Waals surface area contributed by atoms with E-state index in [1.54, 1.807) is 0 Å². The van der Waals surface area contributed by atoms with E-state index in [0.29, 0.717) is 6.04 Å². The highest BCUT2D eigenvalue weighted by Gasteiger charge is 2.08. The molecule has 0 aliphatic carbocycles. The van der Waals surface area contributed by atoms with Crippen LogP contribution < -0.4 is 5.32 Å². The Morgan fingerprint density at radius 2 is 1.84 bits per heavy atom. The molecule has 0 aliphatic rings. The first-order valence-corrected chi connectivity index (χ1v) is 7.59. The fraction of sp³-hybridized carbons (Fsp3) is 0.267. The van der Waals surface area contributed by atoms with Crippen LogP contribution in [-0.2, 0) is 6.42 Å². The normalized spacial score (nSPS) is 12.3. The summed E-state index contributed by atoms with van der Waals surface area (Å²) in [5.41, 5.74) is 1.31. The van der Waals surface area contributed by atoms with Crippen LogP contribution in [0, 0.1) is 0 Å². The van der Waals surface area contributed by atoms with Crippen LogP contribution in [0.25, 0.3) is 0 Å². The third-order valence-corrected chi connectivity index (χ3v) is 4.33. The topological polar surface area (TPSA) is 24.9 Å². The summed E-state index contributed by atoms with van der Waals surface area (Å²) in [6.45, 7) is 0. The first-order chi connectivity index (χ1) is 9.28. The molecular weight excluding hydrogens is 276 g/mol. The molecule has 0 saturated heterocycles. The van der Waals surface area contributed by atoms with E-state index in [0.717, 1.165) is 17.2 Å². The van der Waals surface area contributed by atoms with Gasteiger partial charge in [-0.1, -0.05) is 11.6 Å². The van der Waals surface area contributed by atoms with E-state index in [2.05, 4.69) is 34.6 Å². The highest BCUT2D eigenvalue weighted by Crippen LogP contribution is 2.21. The Labute approximate surface area is 123 Å². The van der Waals surface area contributed by atoms with Crippen molar-refractivity contribution in [2.45, 2.75) is 17.4 Å². The average Bonchev–Trinajstić information content (AvgIpc) is 2.46. The summed E-state index contributed by atoms with van der Waals surface area (Å²) >= 11 is 7.73. The van der Waals surface area contributed by atoms with Crippen LogP contribution in [-0.4, -0.2) is 23.8 Å². The number of pyridine rings is 1. The Hall–Kier alpha value is -1.03. The van der Waals surface area contributed by atoms with E-state index < -0.39 is 0 Å². The van der Waals surface area contributed by atoms with E-state index >= 15 is 0 Å². The first kappa shape index (κ1) is 14.4. The lowest BCUT2D eigenvalue weighted by Crippen LogP contribution is -2.30. The Balaban J connectivity index is 1.87. The molecule has 0 spiro atoms. The molecule has 0 aliphatic heterocycles. The van der Waals surface area contributed by atoms with Gasteiger partial charge in [0.05, 0.1) is 0 Å². The van der Waals surface area contributed by atoms with Crippen LogP contribution >= 0.6 is 23.4 Å². The van der Waals surface area contributed by atoms with Crippen molar-refractivity contribution in [3.05, 3.63) is 59.4 Å². The van der Waals surface area contributed by atoms with E-state index in [1.807, 2.05) is 43.3 Å². The molecule has 2 rings (SSSR count). The second kappa shape index (κ2) is 7.53. The Morgan fingerprint density at radius 1 is 1.16 bits per heavy atom. The summed E-state index contributed by atoms with van der Waals surface area (Å²) in [6.07, 6.45) is 4.70. The maximum absolute atomic E-state index is 5.88. The zero-order chi connectivity index (χ0) is 13.5. The monoisotopic (exact) mass is 292 g/mol. The van der Waals surface area contributed by atoms with Gasteiger partial charge in [-0.3, -0.25) is 4.98 Å². The zero-order valence-electron chi connectivity index (χ0n) is 10.8. The van der Waals surface area contributed by atoms with Gasteiger partial charge in [-0.2, -0.15) is 0 Å². The largest absolute Gasteiger partial charge is 0.316 e. The van der Waals surface area contributed by atoms with Crippen LogP contribution in [0.15, 0.2) is 53.7 Å². The first-order valence-electron chi connectivity index (χ1n) is 6.22. The molecule has 0 amide bonds. The average molecular weight is 293 g/mol. The summed E-state index contributed by atoms with van der Waals surface area (Å²) in [5, 5.41) is 4.15. The van der Waals surface area contributed by atoms with Crippen LogP contribution in [0.3, 0.4) is 0 Å². The summed E-state index contributed by atoms with van der Waals surface area (Å²) in [4.78, 5) is 5.29. The van der Waals surface area contributed by atoms with Crippen molar-refractivity contribution < 1.29 is 0 Å². The number of thioether (sulfide) groups is 1. The summed E-state index contributed by atoms with van der Waals surface area (Å²) in [7, 11) is 2.01. The Morgan fingerprint density at radius 3 is 2.47 bits per heavy atom. The Bertz CT molecular complexity index is 487. The highest BCUT2D eigenvalue weighted by molar-refractivity contribution is 7.99. The molecule has 100 valence electrons. The maximum Gasteiger partial charge on any atom is 0.0406 e. The molecule has 0 radical (unpaired) electrons. The van der Waals surface area contributed by atoms with Crippen molar-refractivity contribution in [3.8, 4) is 0 Å². The van der Waals surface area contributed by atoms with E-state index in [-0.39, 0.29) is 0 Å². The summed E-state index contributed by atoms with van der Waals surface area (Å²) in [6, 6.07) is 12.6. The lowest BCUT2D eigenvalue weighted by molar-refractivity contribution is 0.617. The molecule has 1 aromatic heterocycles. The van der Waals surface area contributed by atoms with Crippen LogP contribution in [0.2, 0.25) is 5.02 Å². The molecule has 4 heteroatoms. The van der Waals surface area contributed by atoms with E-state index in [4.69, 9.17) is 11.6 Å². The highest BCUT2D eigenvalue weighted by atomic mass is 35.5. The second-order valence-corrected chi connectivity index (χ2v) is 5.84. The number of hydrogen-bond acceptors (Lipinski definition) is 3. The van der Waals surface area contributed by atoms with Crippen molar-refractivity contribution in [1.29, 1.82) is 0 Å². The molecule has 1 heterocycles. The van der Waals surface area contributed by atoms with Gasteiger partial charge in [0.1, 0.15) is 0 Å². The molecule has 1 atom stereocenters. The van der Waals surface area contributed by atoms with Crippen molar-refractivity contribution in [3.63, 3.8) is 0 Å². The number of nitrogens with one attached hydrogen (secondary N) is 1. The van der Waals surface area contributed by atoms with Crippen molar-refractivity contribution in [1.82, 2.24) is 10.3 Å². The van der Waals surface area contributed by atoms with Gasteiger partial charge < -0.3 is 5.32 Å². The minimum atomic E-state index is 0.447. The third-order valence-electron chi connectivity index (χ3n) is 2.90. The number of hydrogen-bond donors (Lipinski definition) is 1. The maximum atomic E-state index is 5.88. The fourth-order valence-electron chi connectivity index (χ4n) is 1.78. The molecule has 1 unspecified atom stereocenters. The number of aromatic nitrogens is 1. The van der Waals surface area contributed by atoms with Gasteiger partial charge in [-0.25, -0.2) is 0 Å². The predicted octanol–water partition coefficient (Wildman–Crippen LogP) is 3.66. The van der Waals surface area contributed by atoms with Gasteiger partial charge in [-0.05, 0) is 55.4 Å². The van der Waals surface area contributed by atoms with Crippen molar-refractivity contribution in [2.75, 3.05) is 12.8 Å². The molecule has 0 saturated carbocycles. The lowest BCUT2D eigenvalue weighted by Gasteiger charge is -2.15. The number of nitrogens with zero attached hydrogens (tertiary/aromatic N) is 1. The SMILES string of the molecule is CNC(CSc1ccc(Cl)cc1)Cc1ccncc1. The number of benzene rings is 1. The van der Waals surface area contributed by atoms with Crippen molar-refractivity contribution >= 4 is 23.4 Å². The molecule has 1 N–H and O–H groups in total. The van der Waals surface area contributed by atoms with Gasteiger partial charge in [0.2, 0.25) is 0 Å². The van der Waals surface area contributed by atoms with Crippen LogP contribution in [0.4, 0.5) is 0 Å². The molecule has 1 aromatic carbocycles. The number of rotatable bonds is 6. The minimum absolute atomic E-state index is 0.447. The molecule has 2 nitrogen and oxygen atoms in total. The number of likely N-dealkylation sites (N-methyl/N-ethyl adjacent to an activating group) is 1. The zero-order valence-corrected chi connectivity index (χ0v) is 12.4. The van der Waals surface area contributed by atoms with Gasteiger partial charge in [0, 0.05) is 34.1 Å². The van der Waals surface area contributed by atoms with Crippen molar-refractivity contribution in [2.24, 2.45) is 0 Å². The Kier molecular flexibility index (Phi) is 5.70. The number of halogens is 1. The smallest absolute Gasteiger partial charge is 0.0406 e. The second-order valence-electron chi connectivity index (χ2n) is 4.31. The molecular formula is C15H17ClN2S.